The molecule has 0 fully saturated rings. The summed E-state index contributed by atoms with van der Waals surface area (Å²) in [7, 11) is 0. The molecule has 0 saturated carbocycles. The van der Waals surface area contributed by atoms with Crippen LogP contribution in [0.4, 0.5) is 10.5 Å². The Balaban J connectivity index is 1.90. The molecule has 1 aromatic carbocycles. The molecule has 0 aliphatic heterocycles. The minimum absolute atomic E-state index is 0.0647. The number of carbonyl (C=O) groups excluding carboxylic acids is 1. The molecule has 1 atom stereocenters. The van der Waals surface area contributed by atoms with Gasteiger partial charge < -0.3 is 15.4 Å². The Morgan fingerprint density at radius 3 is 2.43 bits per heavy atom. The van der Waals surface area contributed by atoms with Crippen LogP contribution in [0.15, 0.2) is 36.7 Å². The van der Waals surface area contributed by atoms with Gasteiger partial charge in [0.1, 0.15) is 5.75 Å². The molecule has 0 aliphatic rings. The number of nitrogens with zero attached hydrogens (tertiary/aromatic N) is 3. The van der Waals surface area contributed by atoms with Crippen molar-refractivity contribution in [3.05, 3.63) is 36.7 Å². The highest BCUT2D eigenvalue weighted by atomic mass is 16.5. The van der Waals surface area contributed by atoms with Gasteiger partial charge >= 0.3 is 6.03 Å². The summed E-state index contributed by atoms with van der Waals surface area (Å²) in [4.78, 5) is 13.7. The average molecular weight is 317 g/mol. The lowest BCUT2D eigenvalue weighted by Gasteiger charge is -2.22. The third-order valence-electron chi connectivity index (χ3n) is 3.37. The van der Waals surface area contributed by atoms with Crippen LogP contribution in [-0.2, 0) is 6.54 Å². The molecule has 2 amide bonds. The van der Waals surface area contributed by atoms with Gasteiger partial charge in [0.25, 0.3) is 0 Å². The minimum Gasteiger partial charge on any atom is -0.494 e. The summed E-state index contributed by atoms with van der Waals surface area (Å²) in [6.07, 6.45) is 3.24. The quantitative estimate of drug-likeness (QED) is 0.822. The summed E-state index contributed by atoms with van der Waals surface area (Å²) in [5.74, 6) is 1.04. The first-order valence-electron chi connectivity index (χ1n) is 7.73. The summed E-state index contributed by atoms with van der Waals surface area (Å²) >= 11 is 0. The Morgan fingerprint density at radius 1 is 1.22 bits per heavy atom. The second kappa shape index (κ2) is 8.17. The van der Waals surface area contributed by atoms with E-state index in [1.165, 1.54) is 0 Å². The molecule has 1 aromatic heterocycles. The Kier molecular flexibility index (Phi) is 5.96. The molecule has 2 N–H and O–H groups in total. The standard InChI is InChI=1S/C16H23N5O2/c1-4-23-14-7-5-13(6-8-14)19-16(22)20-15(12(2)3)11-21-17-9-10-18-21/h5-10,12,15H,4,11H2,1-3H3,(H2,19,20,22). The van der Waals surface area contributed by atoms with Gasteiger partial charge in [0, 0.05) is 5.69 Å². The predicted molar refractivity (Wildman–Crippen MR) is 88.4 cm³/mol. The summed E-state index contributed by atoms with van der Waals surface area (Å²) in [6, 6.07) is 6.96. The Hall–Kier alpha value is -2.57. The molecule has 1 unspecified atom stereocenters. The van der Waals surface area contributed by atoms with Gasteiger partial charge in [-0.1, -0.05) is 13.8 Å². The molecule has 2 aromatic rings. The SMILES string of the molecule is CCOc1ccc(NC(=O)NC(Cn2nccn2)C(C)C)cc1. The van der Waals surface area contributed by atoms with Crippen molar-refractivity contribution in [3.8, 4) is 5.75 Å². The molecule has 23 heavy (non-hydrogen) atoms. The molecule has 1 heterocycles. The first-order valence-corrected chi connectivity index (χ1v) is 7.73. The van der Waals surface area contributed by atoms with E-state index in [0.29, 0.717) is 18.8 Å². The maximum atomic E-state index is 12.2. The molecule has 2 rings (SSSR count). The van der Waals surface area contributed by atoms with E-state index < -0.39 is 0 Å². The molecular formula is C16H23N5O2. The largest absolute Gasteiger partial charge is 0.494 e. The van der Waals surface area contributed by atoms with Crippen LogP contribution in [0.25, 0.3) is 0 Å². The topological polar surface area (TPSA) is 81.1 Å². The number of rotatable bonds is 7. The fourth-order valence-corrected chi connectivity index (χ4v) is 2.07. The maximum absolute atomic E-state index is 12.2. The van der Waals surface area contributed by atoms with Gasteiger partial charge in [-0.15, -0.1) is 0 Å². The summed E-state index contributed by atoms with van der Waals surface area (Å²) < 4.78 is 5.38. The number of anilines is 1. The number of hydrogen-bond donors (Lipinski definition) is 2. The van der Waals surface area contributed by atoms with Crippen molar-refractivity contribution >= 4 is 11.7 Å². The van der Waals surface area contributed by atoms with Gasteiger partial charge in [0.05, 0.1) is 31.6 Å². The highest BCUT2D eigenvalue weighted by molar-refractivity contribution is 5.89. The van der Waals surface area contributed by atoms with E-state index in [1.54, 1.807) is 17.2 Å². The fraction of sp³-hybridized carbons (Fsp3) is 0.438. The van der Waals surface area contributed by atoms with Gasteiger partial charge in [-0.05, 0) is 37.1 Å². The predicted octanol–water partition coefficient (Wildman–Crippen LogP) is 2.52. The molecule has 7 nitrogen and oxygen atoms in total. The highest BCUT2D eigenvalue weighted by Gasteiger charge is 2.17. The van der Waals surface area contributed by atoms with Gasteiger partial charge in [0.2, 0.25) is 0 Å². The molecule has 0 radical (unpaired) electrons. The molecule has 7 heteroatoms. The van der Waals surface area contributed by atoms with Crippen LogP contribution in [0.3, 0.4) is 0 Å². The number of urea groups is 1. The number of ether oxygens (including phenoxy) is 1. The molecule has 0 bridgehead atoms. The van der Waals surface area contributed by atoms with E-state index in [-0.39, 0.29) is 18.0 Å². The van der Waals surface area contributed by atoms with Crippen molar-refractivity contribution in [2.75, 3.05) is 11.9 Å². The van der Waals surface area contributed by atoms with E-state index >= 15 is 0 Å². The lowest BCUT2D eigenvalue weighted by atomic mass is 10.1. The van der Waals surface area contributed by atoms with Gasteiger partial charge in [-0.2, -0.15) is 15.0 Å². The van der Waals surface area contributed by atoms with Gasteiger partial charge in [0.15, 0.2) is 0 Å². The first kappa shape index (κ1) is 16.8. The second-order valence-electron chi connectivity index (χ2n) is 5.49. The number of aromatic nitrogens is 3. The second-order valence-corrected chi connectivity index (χ2v) is 5.49. The number of carbonyl (C=O) groups is 1. The van der Waals surface area contributed by atoms with E-state index in [4.69, 9.17) is 4.74 Å². The minimum atomic E-state index is -0.250. The zero-order chi connectivity index (χ0) is 16.7. The van der Waals surface area contributed by atoms with Crippen LogP contribution in [-0.4, -0.2) is 33.7 Å². The van der Waals surface area contributed by atoms with Crippen LogP contribution < -0.4 is 15.4 Å². The van der Waals surface area contributed by atoms with Crippen molar-refractivity contribution in [1.29, 1.82) is 0 Å². The van der Waals surface area contributed by atoms with Crippen LogP contribution in [0.5, 0.6) is 5.75 Å². The lowest BCUT2D eigenvalue weighted by Crippen LogP contribution is -2.44. The van der Waals surface area contributed by atoms with Crippen LogP contribution >= 0.6 is 0 Å². The first-order chi connectivity index (χ1) is 11.1. The van der Waals surface area contributed by atoms with Crippen molar-refractivity contribution in [2.24, 2.45) is 5.92 Å². The van der Waals surface area contributed by atoms with Crippen molar-refractivity contribution in [3.63, 3.8) is 0 Å². The lowest BCUT2D eigenvalue weighted by molar-refractivity contribution is 0.239. The number of amides is 2. The Labute approximate surface area is 136 Å². The number of hydrogen-bond acceptors (Lipinski definition) is 4. The molecule has 124 valence electrons. The molecule has 0 spiro atoms. The van der Waals surface area contributed by atoms with E-state index in [0.717, 1.165) is 5.75 Å². The smallest absolute Gasteiger partial charge is 0.319 e. The zero-order valence-electron chi connectivity index (χ0n) is 13.7. The Morgan fingerprint density at radius 2 is 1.87 bits per heavy atom. The highest BCUT2D eigenvalue weighted by Crippen LogP contribution is 2.15. The third kappa shape index (κ3) is 5.28. The Bertz CT molecular complexity index is 595. The van der Waals surface area contributed by atoms with Crippen LogP contribution in [0.2, 0.25) is 0 Å². The van der Waals surface area contributed by atoms with Crippen LogP contribution in [0.1, 0.15) is 20.8 Å². The van der Waals surface area contributed by atoms with Gasteiger partial charge in [-0.3, -0.25) is 0 Å². The summed E-state index contributed by atoms with van der Waals surface area (Å²) in [5, 5.41) is 13.9. The van der Waals surface area contributed by atoms with Crippen molar-refractivity contribution < 1.29 is 9.53 Å². The van der Waals surface area contributed by atoms with Crippen molar-refractivity contribution in [2.45, 2.75) is 33.4 Å². The summed E-state index contributed by atoms with van der Waals surface area (Å²) in [5.41, 5.74) is 0.714. The fourth-order valence-electron chi connectivity index (χ4n) is 2.07. The zero-order valence-corrected chi connectivity index (χ0v) is 13.7. The number of benzene rings is 1. The summed E-state index contributed by atoms with van der Waals surface area (Å²) in [6.45, 7) is 7.17. The normalized spacial score (nSPS) is 12.0. The molecular weight excluding hydrogens is 294 g/mol. The third-order valence-corrected chi connectivity index (χ3v) is 3.37. The van der Waals surface area contributed by atoms with Gasteiger partial charge in [-0.25, -0.2) is 4.79 Å². The number of nitrogens with one attached hydrogen (secondary N) is 2. The average Bonchev–Trinajstić information content (AvgIpc) is 3.02. The molecule has 0 saturated heterocycles. The monoisotopic (exact) mass is 317 g/mol. The maximum Gasteiger partial charge on any atom is 0.319 e. The van der Waals surface area contributed by atoms with E-state index in [9.17, 15) is 4.79 Å². The van der Waals surface area contributed by atoms with Crippen molar-refractivity contribution in [1.82, 2.24) is 20.3 Å². The van der Waals surface area contributed by atoms with Crippen LogP contribution in [0, 0.1) is 5.92 Å². The van der Waals surface area contributed by atoms with E-state index in [1.807, 2.05) is 45.0 Å². The molecule has 0 aliphatic carbocycles. The van der Waals surface area contributed by atoms with E-state index in [2.05, 4.69) is 20.8 Å².